The highest BCUT2D eigenvalue weighted by molar-refractivity contribution is 5.01. The molecule has 2 bridgehead atoms. The third kappa shape index (κ3) is 3.25. The van der Waals surface area contributed by atoms with E-state index in [-0.39, 0.29) is 0 Å². The lowest BCUT2D eigenvalue weighted by Gasteiger charge is -2.38. The fourth-order valence-electron chi connectivity index (χ4n) is 4.10. The van der Waals surface area contributed by atoms with Gasteiger partial charge in [-0.2, -0.15) is 0 Å². The smallest absolute Gasteiger partial charge is 0.0587 e. The van der Waals surface area contributed by atoms with Gasteiger partial charge in [-0.25, -0.2) is 0 Å². The molecule has 0 saturated heterocycles. The molecule has 106 valence electrons. The standard InChI is InChI=1S/C15H29NO2/c1-3-18-8-6-15(12-16-7-9-17-2)11-13-4-5-14(15)10-13/h13-14,16H,3-12H2,1-2H3. The minimum absolute atomic E-state index is 0.520. The molecule has 2 aliphatic carbocycles. The van der Waals surface area contributed by atoms with Crippen LogP contribution in [-0.4, -0.2) is 40.0 Å². The van der Waals surface area contributed by atoms with Gasteiger partial charge in [0.1, 0.15) is 0 Å². The van der Waals surface area contributed by atoms with Crippen LogP contribution in [0.4, 0.5) is 0 Å². The topological polar surface area (TPSA) is 30.5 Å². The van der Waals surface area contributed by atoms with Gasteiger partial charge in [0.05, 0.1) is 6.61 Å². The predicted octanol–water partition coefficient (Wildman–Crippen LogP) is 2.46. The molecule has 3 unspecified atom stereocenters. The van der Waals surface area contributed by atoms with Crippen LogP contribution >= 0.6 is 0 Å². The van der Waals surface area contributed by atoms with Gasteiger partial charge in [-0.15, -0.1) is 0 Å². The van der Waals surface area contributed by atoms with Gasteiger partial charge in [-0.05, 0) is 49.9 Å². The van der Waals surface area contributed by atoms with E-state index in [2.05, 4.69) is 12.2 Å². The van der Waals surface area contributed by atoms with E-state index in [1.807, 2.05) is 0 Å². The molecule has 1 N–H and O–H groups in total. The first-order chi connectivity index (χ1) is 8.80. The molecule has 2 rings (SSSR count). The van der Waals surface area contributed by atoms with Gasteiger partial charge in [0.2, 0.25) is 0 Å². The zero-order chi connectivity index (χ0) is 12.8. The van der Waals surface area contributed by atoms with E-state index in [0.717, 1.165) is 44.7 Å². The lowest BCUT2D eigenvalue weighted by Crippen LogP contribution is -2.40. The summed E-state index contributed by atoms with van der Waals surface area (Å²) >= 11 is 0. The zero-order valence-corrected chi connectivity index (χ0v) is 12.0. The number of ether oxygens (including phenoxy) is 2. The van der Waals surface area contributed by atoms with Crippen molar-refractivity contribution in [2.45, 2.75) is 39.0 Å². The highest BCUT2D eigenvalue weighted by atomic mass is 16.5. The van der Waals surface area contributed by atoms with Gasteiger partial charge in [-0.3, -0.25) is 0 Å². The summed E-state index contributed by atoms with van der Waals surface area (Å²) in [4.78, 5) is 0. The van der Waals surface area contributed by atoms with Crippen molar-refractivity contribution in [3.05, 3.63) is 0 Å². The summed E-state index contributed by atoms with van der Waals surface area (Å²) in [7, 11) is 1.77. The van der Waals surface area contributed by atoms with E-state index < -0.39 is 0 Å². The van der Waals surface area contributed by atoms with Gasteiger partial charge in [-0.1, -0.05) is 6.42 Å². The number of nitrogens with one attached hydrogen (secondary N) is 1. The Morgan fingerprint density at radius 3 is 2.78 bits per heavy atom. The zero-order valence-electron chi connectivity index (χ0n) is 12.0. The minimum atomic E-state index is 0.520. The first kappa shape index (κ1) is 14.3. The SMILES string of the molecule is CCOCCC1(CNCCOC)CC2CCC1C2. The maximum atomic E-state index is 5.60. The Kier molecular flexibility index (Phi) is 5.46. The second-order valence-electron chi connectivity index (χ2n) is 6.06. The molecule has 2 saturated carbocycles. The molecule has 0 radical (unpaired) electrons. The van der Waals surface area contributed by atoms with Crippen LogP contribution in [0.2, 0.25) is 0 Å². The van der Waals surface area contributed by atoms with Gasteiger partial charge < -0.3 is 14.8 Å². The molecule has 0 amide bonds. The highest BCUT2D eigenvalue weighted by Gasteiger charge is 2.49. The Labute approximate surface area is 112 Å². The minimum Gasteiger partial charge on any atom is -0.383 e. The van der Waals surface area contributed by atoms with Crippen LogP contribution in [0.25, 0.3) is 0 Å². The Morgan fingerprint density at radius 1 is 1.28 bits per heavy atom. The van der Waals surface area contributed by atoms with Crippen molar-refractivity contribution >= 4 is 0 Å². The molecule has 2 fully saturated rings. The van der Waals surface area contributed by atoms with Crippen LogP contribution in [0.1, 0.15) is 39.0 Å². The monoisotopic (exact) mass is 255 g/mol. The van der Waals surface area contributed by atoms with Crippen molar-refractivity contribution in [3.8, 4) is 0 Å². The summed E-state index contributed by atoms with van der Waals surface area (Å²) in [6, 6.07) is 0. The molecule has 2 aliphatic rings. The van der Waals surface area contributed by atoms with E-state index >= 15 is 0 Å². The second-order valence-corrected chi connectivity index (χ2v) is 6.06. The summed E-state index contributed by atoms with van der Waals surface area (Å²) in [5, 5.41) is 3.60. The van der Waals surface area contributed by atoms with E-state index in [9.17, 15) is 0 Å². The normalized spacial score (nSPS) is 34.3. The highest BCUT2D eigenvalue weighted by Crippen LogP contribution is 2.57. The summed E-state index contributed by atoms with van der Waals surface area (Å²) in [5.41, 5.74) is 0.520. The maximum absolute atomic E-state index is 5.60. The molecule has 0 spiro atoms. The van der Waals surface area contributed by atoms with Gasteiger partial charge >= 0.3 is 0 Å². The van der Waals surface area contributed by atoms with Crippen molar-refractivity contribution in [2.75, 3.05) is 40.0 Å². The van der Waals surface area contributed by atoms with Crippen LogP contribution in [0.15, 0.2) is 0 Å². The van der Waals surface area contributed by atoms with Crippen molar-refractivity contribution in [1.82, 2.24) is 5.32 Å². The molecule has 0 aliphatic heterocycles. The molecule has 3 nitrogen and oxygen atoms in total. The molecule has 18 heavy (non-hydrogen) atoms. The number of rotatable bonds is 9. The van der Waals surface area contributed by atoms with Gasteiger partial charge in [0.15, 0.2) is 0 Å². The average molecular weight is 255 g/mol. The lowest BCUT2D eigenvalue weighted by atomic mass is 9.71. The molecule has 3 atom stereocenters. The fraction of sp³-hybridized carbons (Fsp3) is 1.00. The van der Waals surface area contributed by atoms with E-state index in [0.29, 0.717) is 5.41 Å². The average Bonchev–Trinajstić information content (AvgIpc) is 2.96. The van der Waals surface area contributed by atoms with Crippen molar-refractivity contribution in [2.24, 2.45) is 17.3 Å². The Morgan fingerprint density at radius 2 is 2.17 bits per heavy atom. The van der Waals surface area contributed by atoms with Crippen LogP contribution in [0, 0.1) is 17.3 Å². The van der Waals surface area contributed by atoms with Crippen LogP contribution < -0.4 is 5.32 Å². The quantitative estimate of drug-likeness (QED) is 0.642. The molecule has 0 aromatic rings. The van der Waals surface area contributed by atoms with E-state index in [1.165, 1.54) is 32.1 Å². The third-order valence-electron chi connectivity index (χ3n) is 5.01. The van der Waals surface area contributed by atoms with Gasteiger partial charge in [0.25, 0.3) is 0 Å². The maximum Gasteiger partial charge on any atom is 0.0587 e. The Hall–Kier alpha value is -0.120. The Bertz CT molecular complexity index is 247. The van der Waals surface area contributed by atoms with E-state index in [1.54, 1.807) is 7.11 Å². The molecule has 3 heteroatoms. The first-order valence-electron chi connectivity index (χ1n) is 7.58. The van der Waals surface area contributed by atoms with Crippen LogP contribution in [-0.2, 0) is 9.47 Å². The van der Waals surface area contributed by atoms with Crippen LogP contribution in [0.5, 0.6) is 0 Å². The number of methoxy groups -OCH3 is 1. The largest absolute Gasteiger partial charge is 0.383 e. The Balaban J connectivity index is 1.82. The van der Waals surface area contributed by atoms with Crippen molar-refractivity contribution in [3.63, 3.8) is 0 Å². The molecule has 0 aromatic carbocycles. The molecular weight excluding hydrogens is 226 g/mol. The summed E-state index contributed by atoms with van der Waals surface area (Å²) in [6.45, 7) is 6.82. The molecular formula is C15H29NO2. The summed E-state index contributed by atoms with van der Waals surface area (Å²) in [5.74, 6) is 1.94. The molecule has 0 heterocycles. The van der Waals surface area contributed by atoms with Crippen molar-refractivity contribution < 1.29 is 9.47 Å². The third-order valence-corrected chi connectivity index (χ3v) is 5.01. The molecule has 0 aromatic heterocycles. The lowest BCUT2D eigenvalue weighted by molar-refractivity contribution is 0.0668. The number of fused-ring (bicyclic) bond motifs is 2. The first-order valence-corrected chi connectivity index (χ1v) is 7.58. The van der Waals surface area contributed by atoms with Crippen molar-refractivity contribution in [1.29, 1.82) is 0 Å². The van der Waals surface area contributed by atoms with Crippen LogP contribution in [0.3, 0.4) is 0 Å². The second kappa shape index (κ2) is 6.88. The predicted molar refractivity (Wildman–Crippen MR) is 73.7 cm³/mol. The van der Waals surface area contributed by atoms with Gasteiger partial charge in [0, 0.05) is 33.4 Å². The number of hydrogen-bond donors (Lipinski definition) is 1. The number of hydrogen-bond acceptors (Lipinski definition) is 3. The fourth-order valence-corrected chi connectivity index (χ4v) is 4.10. The van der Waals surface area contributed by atoms with E-state index in [4.69, 9.17) is 9.47 Å². The summed E-state index contributed by atoms with van der Waals surface area (Å²) < 4.78 is 10.7. The summed E-state index contributed by atoms with van der Waals surface area (Å²) in [6.07, 6.45) is 7.05.